The van der Waals surface area contributed by atoms with Crippen LogP contribution in [-0.2, 0) is 6.54 Å². The van der Waals surface area contributed by atoms with Crippen LogP contribution in [0.5, 0.6) is 0 Å². The Morgan fingerprint density at radius 1 is 1.25 bits per heavy atom. The molecule has 0 radical (unpaired) electrons. The number of nitrogens with two attached hydrogens (primary N) is 1. The number of nitrogens with zero attached hydrogens (tertiary/aromatic N) is 3. The SMILES string of the molecule is CCC1(Cn2cncc2-c2ccc(N)nc2)CCCC1. The van der Waals surface area contributed by atoms with E-state index in [-0.39, 0.29) is 0 Å². The number of rotatable bonds is 4. The highest BCUT2D eigenvalue weighted by atomic mass is 15.1. The smallest absolute Gasteiger partial charge is 0.123 e. The summed E-state index contributed by atoms with van der Waals surface area (Å²) in [5, 5.41) is 0. The Morgan fingerprint density at radius 3 is 2.70 bits per heavy atom. The van der Waals surface area contributed by atoms with Crippen molar-refractivity contribution in [2.45, 2.75) is 45.6 Å². The molecule has 0 unspecified atom stereocenters. The first-order valence-electron chi connectivity index (χ1n) is 7.44. The van der Waals surface area contributed by atoms with Crippen LogP contribution in [0.4, 0.5) is 5.82 Å². The Labute approximate surface area is 120 Å². The number of hydrogen-bond donors (Lipinski definition) is 1. The van der Waals surface area contributed by atoms with Crippen LogP contribution in [-0.4, -0.2) is 14.5 Å². The molecule has 0 spiro atoms. The highest BCUT2D eigenvalue weighted by Crippen LogP contribution is 2.42. The molecule has 2 N–H and O–H groups in total. The van der Waals surface area contributed by atoms with Crippen LogP contribution in [0.15, 0.2) is 30.9 Å². The Kier molecular flexibility index (Phi) is 3.47. The van der Waals surface area contributed by atoms with Gasteiger partial charge in [0.05, 0.1) is 18.2 Å². The van der Waals surface area contributed by atoms with Crippen molar-refractivity contribution in [2.24, 2.45) is 5.41 Å². The zero-order valence-electron chi connectivity index (χ0n) is 12.0. The number of anilines is 1. The zero-order valence-corrected chi connectivity index (χ0v) is 12.0. The molecule has 1 aliphatic carbocycles. The van der Waals surface area contributed by atoms with E-state index in [0.29, 0.717) is 11.2 Å². The summed E-state index contributed by atoms with van der Waals surface area (Å²) >= 11 is 0. The van der Waals surface area contributed by atoms with Crippen molar-refractivity contribution in [1.29, 1.82) is 0 Å². The lowest BCUT2D eigenvalue weighted by molar-refractivity contribution is 0.238. The molecule has 106 valence electrons. The standard InChI is InChI=1S/C16H22N4/c1-2-16(7-3-4-8-16)11-20-12-18-10-14(20)13-5-6-15(17)19-9-13/h5-6,9-10,12H,2-4,7-8,11H2,1H3,(H2,17,19). The van der Waals surface area contributed by atoms with Gasteiger partial charge in [-0.1, -0.05) is 19.8 Å². The molecular weight excluding hydrogens is 248 g/mol. The summed E-state index contributed by atoms with van der Waals surface area (Å²) in [6, 6.07) is 3.86. The van der Waals surface area contributed by atoms with Gasteiger partial charge in [0.15, 0.2) is 0 Å². The molecule has 1 saturated carbocycles. The fourth-order valence-corrected chi connectivity index (χ4v) is 3.35. The van der Waals surface area contributed by atoms with Gasteiger partial charge in [0.2, 0.25) is 0 Å². The highest BCUT2D eigenvalue weighted by Gasteiger charge is 2.32. The lowest BCUT2D eigenvalue weighted by Gasteiger charge is -2.28. The first kappa shape index (κ1) is 13.2. The summed E-state index contributed by atoms with van der Waals surface area (Å²) in [7, 11) is 0. The Bertz CT molecular complexity index is 564. The van der Waals surface area contributed by atoms with Gasteiger partial charge in [0, 0.05) is 18.3 Å². The van der Waals surface area contributed by atoms with E-state index < -0.39 is 0 Å². The van der Waals surface area contributed by atoms with Crippen molar-refractivity contribution in [3.8, 4) is 11.3 Å². The predicted molar refractivity (Wildman–Crippen MR) is 81.1 cm³/mol. The normalized spacial score (nSPS) is 17.4. The lowest BCUT2D eigenvalue weighted by Crippen LogP contribution is -2.22. The third kappa shape index (κ3) is 2.42. The van der Waals surface area contributed by atoms with Gasteiger partial charge in [0.25, 0.3) is 0 Å². The third-order valence-electron chi connectivity index (χ3n) is 4.71. The largest absolute Gasteiger partial charge is 0.384 e. The predicted octanol–water partition coefficient (Wildman–Crippen LogP) is 3.50. The fraction of sp³-hybridized carbons (Fsp3) is 0.500. The van der Waals surface area contributed by atoms with E-state index in [2.05, 4.69) is 21.5 Å². The van der Waals surface area contributed by atoms with E-state index in [1.165, 1.54) is 32.1 Å². The zero-order chi connectivity index (χ0) is 14.0. The molecule has 2 aromatic rings. The third-order valence-corrected chi connectivity index (χ3v) is 4.71. The van der Waals surface area contributed by atoms with E-state index in [1.807, 2.05) is 30.9 Å². The van der Waals surface area contributed by atoms with Gasteiger partial charge in [-0.25, -0.2) is 9.97 Å². The molecular formula is C16H22N4. The Balaban J connectivity index is 1.88. The van der Waals surface area contributed by atoms with Crippen LogP contribution in [0, 0.1) is 5.41 Å². The summed E-state index contributed by atoms with van der Waals surface area (Å²) < 4.78 is 2.28. The topological polar surface area (TPSA) is 56.7 Å². The molecule has 0 bridgehead atoms. The Morgan fingerprint density at radius 2 is 2.05 bits per heavy atom. The highest BCUT2D eigenvalue weighted by molar-refractivity contribution is 5.59. The molecule has 0 aliphatic heterocycles. The molecule has 0 amide bonds. The molecule has 3 rings (SSSR count). The van der Waals surface area contributed by atoms with E-state index in [4.69, 9.17) is 5.73 Å². The van der Waals surface area contributed by atoms with Crippen LogP contribution in [0.2, 0.25) is 0 Å². The minimum absolute atomic E-state index is 0.455. The van der Waals surface area contributed by atoms with Gasteiger partial charge in [-0.05, 0) is 36.8 Å². The van der Waals surface area contributed by atoms with Gasteiger partial charge < -0.3 is 10.3 Å². The molecule has 0 atom stereocenters. The van der Waals surface area contributed by atoms with Crippen LogP contribution in [0.3, 0.4) is 0 Å². The second-order valence-corrected chi connectivity index (χ2v) is 5.94. The molecule has 1 aliphatic rings. The van der Waals surface area contributed by atoms with E-state index in [0.717, 1.165) is 17.8 Å². The first-order chi connectivity index (χ1) is 9.72. The van der Waals surface area contributed by atoms with E-state index >= 15 is 0 Å². The van der Waals surface area contributed by atoms with Crippen molar-refractivity contribution in [2.75, 3.05) is 5.73 Å². The monoisotopic (exact) mass is 270 g/mol. The fourth-order valence-electron chi connectivity index (χ4n) is 3.35. The lowest BCUT2D eigenvalue weighted by atomic mass is 9.83. The summed E-state index contributed by atoms with van der Waals surface area (Å²) in [6.45, 7) is 3.37. The number of aromatic nitrogens is 3. The molecule has 2 heterocycles. The molecule has 20 heavy (non-hydrogen) atoms. The molecule has 1 fully saturated rings. The maximum atomic E-state index is 5.66. The van der Waals surface area contributed by atoms with Crippen molar-refractivity contribution in [3.05, 3.63) is 30.9 Å². The average molecular weight is 270 g/mol. The van der Waals surface area contributed by atoms with Crippen LogP contribution in [0.1, 0.15) is 39.0 Å². The summed E-state index contributed by atoms with van der Waals surface area (Å²) in [4.78, 5) is 8.51. The quantitative estimate of drug-likeness (QED) is 0.925. The van der Waals surface area contributed by atoms with Crippen molar-refractivity contribution < 1.29 is 0 Å². The van der Waals surface area contributed by atoms with Gasteiger partial charge in [0.1, 0.15) is 5.82 Å². The second kappa shape index (κ2) is 5.27. The molecule has 0 saturated heterocycles. The average Bonchev–Trinajstić information content (AvgIpc) is 3.10. The van der Waals surface area contributed by atoms with Gasteiger partial charge in [-0.15, -0.1) is 0 Å². The van der Waals surface area contributed by atoms with Gasteiger partial charge in [-0.2, -0.15) is 0 Å². The molecule has 2 aromatic heterocycles. The first-order valence-corrected chi connectivity index (χ1v) is 7.44. The van der Waals surface area contributed by atoms with Crippen LogP contribution >= 0.6 is 0 Å². The van der Waals surface area contributed by atoms with E-state index in [9.17, 15) is 0 Å². The maximum Gasteiger partial charge on any atom is 0.123 e. The maximum absolute atomic E-state index is 5.66. The Hall–Kier alpha value is -1.84. The van der Waals surface area contributed by atoms with Crippen LogP contribution in [0.25, 0.3) is 11.3 Å². The number of nitrogen functional groups attached to an aromatic ring is 1. The number of hydrogen-bond acceptors (Lipinski definition) is 3. The van der Waals surface area contributed by atoms with Gasteiger partial charge in [-0.3, -0.25) is 0 Å². The summed E-state index contributed by atoms with van der Waals surface area (Å²) in [5.74, 6) is 0.556. The van der Waals surface area contributed by atoms with Gasteiger partial charge >= 0.3 is 0 Å². The van der Waals surface area contributed by atoms with Crippen molar-refractivity contribution >= 4 is 5.82 Å². The minimum atomic E-state index is 0.455. The summed E-state index contributed by atoms with van der Waals surface area (Å²) in [6.07, 6.45) is 12.3. The van der Waals surface area contributed by atoms with Crippen molar-refractivity contribution in [3.63, 3.8) is 0 Å². The number of pyridine rings is 1. The molecule has 4 nitrogen and oxygen atoms in total. The number of imidazole rings is 1. The van der Waals surface area contributed by atoms with E-state index in [1.54, 1.807) is 0 Å². The van der Waals surface area contributed by atoms with Crippen molar-refractivity contribution in [1.82, 2.24) is 14.5 Å². The second-order valence-electron chi connectivity index (χ2n) is 5.94. The molecule has 4 heteroatoms. The van der Waals surface area contributed by atoms with Crippen LogP contribution < -0.4 is 5.73 Å². The summed E-state index contributed by atoms with van der Waals surface area (Å²) in [5.41, 5.74) is 8.33. The minimum Gasteiger partial charge on any atom is -0.384 e. The molecule has 0 aromatic carbocycles.